The normalized spacial score (nSPS) is 10.7. The molecule has 1 N–H and O–H groups in total. The minimum Gasteiger partial charge on any atom is -0.508 e. The van der Waals surface area contributed by atoms with E-state index in [1.807, 2.05) is 30.3 Å². The third-order valence-electron chi connectivity index (χ3n) is 3.06. The fourth-order valence-corrected chi connectivity index (χ4v) is 2.14. The van der Waals surface area contributed by atoms with Crippen molar-refractivity contribution < 1.29 is 14.3 Å². The molecule has 1 heterocycles. The number of Topliss-reactive ketones (excluding diaryl/α,β-unsaturated/α-hetero) is 1. The molecule has 3 heteroatoms. The summed E-state index contributed by atoms with van der Waals surface area (Å²) in [4.78, 5) is 12.3. The van der Waals surface area contributed by atoms with Crippen molar-refractivity contribution in [2.24, 2.45) is 0 Å². The van der Waals surface area contributed by atoms with E-state index in [2.05, 4.69) is 0 Å². The first kappa shape index (κ1) is 11.5. The highest BCUT2D eigenvalue weighted by Gasteiger charge is 2.13. The van der Waals surface area contributed by atoms with Crippen LogP contribution in [0.25, 0.3) is 11.0 Å². The van der Waals surface area contributed by atoms with Gasteiger partial charge in [0, 0.05) is 11.8 Å². The molecule has 0 aliphatic carbocycles. The van der Waals surface area contributed by atoms with Crippen molar-refractivity contribution in [3.63, 3.8) is 0 Å². The Bertz CT molecular complexity index is 740. The Hall–Kier alpha value is -2.55. The van der Waals surface area contributed by atoms with E-state index in [-0.39, 0.29) is 18.0 Å². The van der Waals surface area contributed by atoms with Crippen LogP contribution in [0.4, 0.5) is 0 Å². The number of aromatic hydroxyl groups is 1. The molecule has 0 saturated carbocycles. The number of carbonyl (C=O) groups excluding carboxylic acids is 1. The SMILES string of the molecule is O=C(Cc1cccc(O)c1)c1coc2ccccc12. The van der Waals surface area contributed by atoms with Gasteiger partial charge in [0.25, 0.3) is 0 Å². The lowest BCUT2D eigenvalue weighted by Gasteiger charge is -2.00. The maximum Gasteiger partial charge on any atom is 0.171 e. The molecule has 3 nitrogen and oxygen atoms in total. The largest absolute Gasteiger partial charge is 0.508 e. The monoisotopic (exact) mass is 252 g/mol. The second-order valence-electron chi connectivity index (χ2n) is 4.42. The van der Waals surface area contributed by atoms with E-state index < -0.39 is 0 Å². The van der Waals surface area contributed by atoms with Crippen molar-refractivity contribution in [3.8, 4) is 5.75 Å². The molecule has 0 amide bonds. The number of para-hydroxylation sites is 1. The zero-order valence-corrected chi connectivity index (χ0v) is 10.2. The number of carbonyl (C=O) groups is 1. The number of furan rings is 1. The summed E-state index contributed by atoms with van der Waals surface area (Å²) in [5, 5.41) is 10.2. The smallest absolute Gasteiger partial charge is 0.171 e. The topological polar surface area (TPSA) is 50.4 Å². The van der Waals surface area contributed by atoms with E-state index in [1.54, 1.807) is 18.2 Å². The van der Waals surface area contributed by atoms with Gasteiger partial charge >= 0.3 is 0 Å². The Labute approximate surface area is 110 Å². The standard InChI is InChI=1S/C16H12O3/c17-12-5-3-4-11(8-12)9-15(18)14-10-19-16-7-2-1-6-13(14)16/h1-8,10,17H,9H2. The van der Waals surface area contributed by atoms with E-state index in [4.69, 9.17) is 4.42 Å². The van der Waals surface area contributed by atoms with Crippen molar-refractivity contribution in [3.05, 3.63) is 65.9 Å². The van der Waals surface area contributed by atoms with Gasteiger partial charge < -0.3 is 9.52 Å². The zero-order chi connectivity index (χ0) is 13.2. The summed E-state index contributed by atoms with van der Waals surface area (Å²) in [6, 6.07) is 14.2. The third-order valence-corrected chi connectivity index (χ3v) is 3.06. The van der Waals surface area contributed by atoms with Crippen LogP contribution in [0.2, 0.25) is 0 Å². The average molecular weight is 252 g/mol. The first-order chi connectivity index (χ1) is 9.24. The molecular weight excluding hydrogens is 240 g/mol. The van der Waals surface area contributed by atoms with E-state index >= 15 is 0 Å². The van der Waals surface area contributed by atoms with Gasteiger partial charge in [0.2, 0.25) is 0 Å². The highest BCUT2D eigenvalue weighted by atomic mass is 16.3. The molecule has 1 aromatic heterocycles. The predicted molar refractivity (Wildman–Crippen MR) is 72.4 cm³/mol. The van der Waals surface area contributed by atoms with E-state index in [0.717, 1.165) is 10.9 Å². The second kappa shape index (κ2) is 4.61. The van der Waals surface area contributed by atoms with Crippen LogP contribution in [0.15, 0.2) is 59.2 Å². The number of hydrogen-bond donors (Lipinski definition) is 1. The van der Waals surface area contributed by atoms with Crippen molar-refractivity contribution in [2.45, 2.75) is 6.42 Å². The number of rotatable bonds is 3. The van der Waals surface area contributed by atoms with Gasteiger partial charge in [-0.3, -0.25) is 4.79 Å². The summed E-state index contributed by atoms with van der Waals surface area (Å²) >= 11 is 0. The van der Waals surface area contributed by atoms with Crippen LogP contribution in [-0.4, -0.2) is 10.9 Å². The summed E-state index contributed by atoms with van der Waals surface area (Å²) in [5.41, 5.74) is 2.08. The molecule has 94 valence electrons. The highest BCUT2D eigenvalue weighted by Crippen LogP contribution is 2.22. The number of ketones is 1. The van der Waals surface area contributed by atoms with Gasteiger partial charge in [-0.2, -0.15) is 0 Å². The Morgan fingerprint density at radius 1 is 1.11 bits per heavy atom. The van der Waals surface area contributed by atoms with Gasteiger partial charge in [0.1, 0.15) is 17.6 Å². The van der Waals surface area contributed by atoms with Gasteiger partial charge in [-0.15, -0.1) is 0 Å². The minimum absolute atomic E-state index is 0.0180. The first-order valence-corrected chi connectivity index (χ1v) is 6.01. The molecule has 0 radical (unpaired) electrons. The third kappa shape index (κ3) is 2.22. The second-order valence-corrected chi connectivity index (χ2v) is 4.42. The molecule has 0 saturated heterocycles. The molecule has 0 unspecified atom stereocenters. The molecule has 2 aromatic carbocycles. The van der Waals surface area contributed by atoms with E-state index in [1.165, 1.54) is 6.26 Å². The summed E-state index contributed by atoms with van der Waals surface area (Å²) in [6.45, 7) is 0. The van der Waals surface area contributed by atoms with E-state index in [9.17, 15) is 9.90 Å². The van der Waals surface area contributed by atoms with Crippen LogP contribution in [0, 0.1) is 0 Å². The lowest BCUT2D eigenvalue weighted by Crippen LogP contribution is -2.02. The number of phenolic OH excluding ortho intramolecular Hbond substituents is 1. The van der Waals surface area contributed by atoms with Crippen LogP contribution >= 0.6 is 0 Å². The quantitative estimate of drug-likeness (QED) is 0.725. The summed E-state index contributed by atoms with van der Waals surface area (Å²) in [5.74, 6) is 0.151. The number of fused-ring (bicyclic) bond motifs is 1. The van der Waals surface area contributed by atoms with Crippen molar-refractivity contribution in [1.82, 2.24) is 0 Å². The average Bonchev–Trinajstić information content (AvgIpc) is 2.82. The molecule has 0 atom stereocenters. The lowest BCUT2D eigenvalue weighted by molar-refractivity contribution is 0.0993. The molecule has 0 bridgehead atoms. The van der Waals surface area contributed by atoms with Crippen molar-refractivity contribution >= 4 is 16.8 Å². The van der Waals surface area contributed by atoms with Gasteiger partial charge in [-0.05, 0) is 23.8 Å². The molecule has 3 aromatic rings. The van der Waals surface area contributed by atoms with Gasteiger partial charge in [0.05, 0.1) is 5.56 Å². The Balaban J connectivity index is 1.92. The molecule has 19 heavy (non-hydrogen) atoms. The molecule has 0 spiro atoms. The highest BCUT2D eigenvalue weighted by molar-refractivity contribution is 6.07. The van der Waals surface area contributed by atoms with Crippen LogP contribution in [0.3, 0.4) is 0 Å². The molecule has 0 fully saturated rings. The lowest BCUT2D eigenvalue weighted by atomic mass is 10.0. The molecule has 3 rings (SSSR count). The van der Waals surface area contributed by atoms with Crippen LogP contribution in [0.1, 0.15) is 15.9 Å². The molecule has 0 aliphatic heterocycles. The first-order valence-electron chi connectivity index (χ1n) is 6.01. The maximum atomic E-state index is 12.3. The minimum atomic E-state index is -0.0180. The predicted octanol–water partition coefficient (Wildman–Crippen LogP) is 3.56. The maximum absolute atomic E-state index is 12.3. The van der Waals surface area contributed by atoms with Gasteiger partial charge in [-0.25, -0.2) is 0 Å². The van der Waals surface area contributed by atoms with Gasteiger partial charge in [0.15, 0.2) is 5.78 Å². The number of phenols is 1. The van der Waals surface area contributed by atoms with Crippen LogP contribution < -0.4 is 0 Å². The van der Waals surface area contributed by atoms with E-state index in [0.29, 0.717) is 11.1 Å². The number of benzene rings is 2. The van der Waals surface area contributed by atoms with Crippen molar-refractivity contribution in [2.75, 3.05) is 0 Å². The Morgan fingerprint density at radius 3 is 2.79 bits per heavy atom. The zero-order valence-electron chi connectivity index (χ0n) is 10.2. The van der Waals surface area contributed by atoms with Crippen LogP contribution in [-0.2, 0) is 6.42 Å². The fraction of sp³-hybridized carbons (Fsp3) is 0.0625. The Kier molecular flexibility index (Phi) is 2.80. The Morgan fingerprint density at radius 2 is 1.95 bits per heavy atom. The van der Waals surface area contributed by atoms with Crippen LogP contribution in [0.5, 0.6) is 5.75 Å². The van der Waals surface area contributed by atoms with Gasteiger partial charge in [-0.1, -0.05) is 30.3 Å². The number of hydrogen-bond acceptors (Lipinski definition) is 3. The molecule has 0 aliphatic rings. The van der Waals surface area contributed by atoms with Crippen molar-refractivity contribution in [1.29, 1.82) is 0 Å². The molecular formula is C16H12O3. The summed E-state index contributed by atoms with van der Waals surface area (Å²) < 4.78 is 5.36. The fourth-order valence-electron chi connectivity index (χ4n) is 2.14. The summed E-state index contributed by atoms with van der Waals surface area (Å²) in [7, 11) is 0. The summed E-state index contributed by atoms with van der Waals surface area (Å²) in [6.07, 6.45) is 1.74.